The molecule has 0 saturated heterocycles. The van der Waals surface area contributed by atoms with Gasteiger partial charge in [0.15, 0.2) is 5.92 Å². The Morgan fingerprint density at radius 2 is 1.68 bits per heavy atom. The number of nitrogens with zero attached hydrogens (tertiary/aromatic N) is 1. The highest BCUT2D eigenvalue weighted by Gasteiger charge is 2.38. The highest BCUT2D eigenvalue weighted by molar-refractivity contribution is 8.00. The van der Waals surface area contributed by atoms with E-state index in [4.69, 9.17) is 14.7 Å². The van der Waals surface area contributed by atoms with Gasteiger partial charge < -0.3 is 9.47 Å². The lowest BCUT2D eigenvalue weighted by Crippen LogP contribution is -2.36. The summed E-state index contributed by atoms with van der Waals surface area (Å²) in [5.41, 5.74) is 0. The number of rotatable bonds is 8. The third-order valence-electron chi connectivity index (χ3n) is 2.78. The third-order valence-corrected chi connectivity index (χ3v) is 4.06. The molecule has 0 saturated carbocycles. The number of benzene rings is 1. The van der Waals surface area contributed by atoms with Crippen molar-refractivity contribution in [2.24, 2.45) is 5.92 Å². The van der Waals surface area contributed by atoms with Crippen molar-refractivity contribution in [1.82, 2.24) is 0 Å². The van der Waals surface area contributed by atoms with Crippen molar-refractivity contribution in [2.75, 3.05) is 13.2 Å². The molecule has 0 spiro atoms. The lowest BCUT2D eigenvalue weighted by molar-refractivity contribution is -0.161. The van der Waals surface area contributed by atoms with Crippen molar-refractivity contribution in [3.63, 3.8) is 0 Å². The van der Waals surface area contributed by atoms with Crippen LogP contribution in [0.15, 0.2) is 35.2 Å². The monoisotopic (exact) mass is 321 g/mol. The number of carbonyl (C=O) groups is 2. The highest BCUT2D eigenvalue weighted by atomic mass is 32.2. The van der Waals surface area contributed by atoms with Crippen LogP contribution in [0.4, 0.5) is 0 Å². The van der Waals surface area contributed by atoms with Gasteiger partial charge in [0.2, 0.25) is 0 Å². The van der Waals surface area contributed by atoms with Crippen LogP contribution in [0, 0.1) is 17.2 Å². The zero-order valence-electron chi connectivity index (χ0n) is 12.7. The topological polar surface area (TPSA) is 76.4 Å². The smallest absolute Gasteiger partial charge is 0.321 e. The summed E-state index contributed by atoms with van der Waals surface area (Å²) < 4.78 is 9.95. The fourth-order valence-electron chi connectivity index (χ4n) is 1.86. The first-order chi connectivity index (χ1) is 10.6. The van der Waals surface area contributed by atoms with Crippen molar-refractivity contribution in [3.8, 4) is 6.07 Å². The van der Waals surface area contributed by atoms with Gasteiger partial charge in [-0.05, 0) is 26.0 Å². The largest absolute Gasteiger partial charge is 0.465 e. The standard InChI is InChI=1S/C16H19NO4S/c1-3-20-15(18)14(16(19)21-4-2)13(10-11-17)22-12-8-6-5-7-9-12/h5-9,13-14H,3-4,10H2,1-2H3. The summed E-state index contributed by atoms with van der Waals surface area (Å²) in [5, 5.41) is 8.47. The molecule has 0 fully saturated rings. The van der Waals surface area contributed by atoms with Crippen LogP contribution in [0.25, 0.3) is 0 Å². The predicted molar refractivity (Wildman–Crippen MR) is 83.1 cm³/mol. The molecule has 118 valence electrons. The van der Waals surface area contributed by atoms with Crippen LogP contribution in [-0.4, -0.2) is 30.4 Å². The summed E-state index contributed by atoms with van der Waals surface area (Å²) in [5.74, 6) is -2.40. The molecule has 0 aliphatic carbocycles. The van der Waals surface area contributed by atoms with E-state index in [-0.39, 0.29) is 19.6 Å². The number of carbonyl (C=O) groups excluding carboxylic acids is 2. The fraction of sp³-hybridized carbons (Fsp3) is 0.438. The van der Waals surface area contributed by atoms with E-state index in [9.17, 15) is 9.59 Å². The van der Waals surface area contributed by atoms with E-state index in [0.29, 0.717) is 0 Å². The van der Waals surface area contributed by atoms with E-state index in [1.807, 2.05) is 36.4 Å². The van der Waals surface area contributed by atoms with E-state index >= 15 is 0 Å². The molecule has 1 unspecified atom stereocenters. The maximum atomic E-state index is 12.1. The first-order valence-corrected chi connectivity index (χ1v) is 7.93. The maximum absolute atomic E-state index is 12.1. The number of nitriles is 1. The number of thioether (sulfide) groups is 1. The molecule has 0 amide bonds. The van der Waals surface area contributed by atoms with Gasteiger partial charge in [-0.3, -0.25) is 9.59 Å². The summed E-state index contributed by atoms with van der Waals surface area (Å²) in [7, 11) is 0. The van der Waals surface area contributed by atoms with Gasteiger partial charge in [0.25, 0.3) is 0 Å². The fourth-order valence-corrected chi connectivity index (χ4v) is 3.04. The van der Waals surface area contributed by atoms with E-state index < -0.39 is 23.1 Å². The SMILES string of the molecule is CCOC(=O)C(C(=O)OCC)C(CC#N)Sc1ccccc1. The Morgan fingerprint density at radius 3 is 2.14 bits per heavy atom. The quantitative estimate of drug-likeness (QED) is 0.416. The Labute approximate surface area is 134 Å². The maximum Gasteiger partial charge on any atom is 0.321 e. The molecule has 0 heterocycles. The Morgan fingerprint density at radius 1 is 1.14 bits per heavy atom. The molecule has 0 N–H and O–H groups in total. The third kappa shape index (κ3) is 5.41. The molecule has 1 rings (SSSR count). The Balaban J connectivity index is 3.00. The Bertz CT molecular complexity index is 509. The Kier molecular flexibility index (Phi) is 8.08. The molecule has 6 heteroatoms. The van der Waals surface area contributed by atoms with E-state index in [0.717, 1.165) is 4.90 Å². The summed E-state index contributed by atoms with van der Waals surface area (Å²) >= 11 is 1.31. The van der Waals surface area contributed by atoms with E-state index in [1.165, 1.54) is 11.8 Å². The van der Waals surface area contributed by atoms with Crippen LogP contribution in [0.1, 0.15) is 20.3 Å². The van der Waals surface area contributed by atoms with Crippen LogP contribution >= 0.6 is 11.8 Å². The summed E-state index contributed by atoms with van der Waals surface area (Å²) in [6, 6.07) is 11.3. The number of ether oxygens (including phenoxy) is 2. The Hall–Kier alpha value is -2.00. The second-order valence-corrected chi connectivity index (χ2v) is 5.63. The average molecular weight is 321 g/mol. The summed E-state index contributed by atoms with van der Waals surface area (Å²) in [4.78, 5) is 25.1. The molecular weight excluding hydrogens is 302 g/mol. The van der Waals surface area contributed by atoms with Crippen LogP contribution in [0.5, 0.6) is 0 Å². The van der Waals surface area contributed by atoms with Gasteiger partial charge in [-0.25, -0.2) is 0 Å². The molecule has 1 aromatic carbocycles. The second kappa shape index (κ2) is 9.85. The molecule has 1 atom stereocenters. The first kappa shape index (κ1) is 18.1. The minimum atomic E-state index is -1.11. The van der Waals surface area contributed by atoms with Crippen LogP contribution in [0.3, 0.4) is 0 Å². The molecule has 0 aliphatic heterocycles. The lowest BCUT2D eigenvalue weighted by Gasteiger charge is -2.21. The van der Waals surface area contributed by atoms with Crippen LogP contribution < -0.4 is 0 Å². The number of esters is 2. The minimum Gasteiger partial charge on any atom is -0.465 e. The molecule has 1 aromatic rings. The van der Waals surface area contributed by atoms with Gasteiger partial charge in [0.05, 0.1) is 19.3 Å². The summed E-state index contributed by atoms with van der Waals surface area (Å²) in [6.07, 6.45) is 0.0435. The molecule has 22 heavy (non-hydrogen) atoms. The van der Waals surface area contributed by atoms with Gasteiger partial charge in [0, 0.05) is 16.6 Å². The van der Waals surface area contributed by atoms with Gasteiger partial charge in [0.1, 0.15) is 0 Å². The average Bonchev–Trinajstić information content (AvgIpc) is 2.49. The van der Waals surface area contributed by atoms with Crippen molar-refractivity contribution in [2.45, 2.75) is 30.4 Å². The summed E-state index contributed by atoms with van der Waals surface area (Å²) in [6.45, 7) is 3.68. The predicted octanol–water partition coefficient (Wildman–Crippen LogP) is 2.80. The van der Waals surface area contributed by atoms with Crippen molar-refractivity contribution < 1.29 is 19.1 Å². The highest BCUT2D eigenvalue weighted by Crippen LogP contribution is 2.31. The minimum absolute atomic E-state index is 0.0435. The van der Waals surface area contributed by atoms with E-state index in [1.54, 1.807) is 13.8 Å². The lowest BCUT2D eigenvalue weighted by atomic mass is 10.0. The molecule has 5 nitrogen and oxygen atoms in total. The van der Waals surface area contributed by atoms with E-state index in [2.05, 4.69) is 0 Å². The van der Waals surface area contributed by atoms with Gasteiger partial charge in [-0.15, -0.1) is 11.8 Å². The first-order valence-electron chi connectivity index (χ1n) is 7.05. The number of hydrogen-bond acceptors (Lipinski definition) is 6. The zero-order valence-corrected chi connectivity index (χ0v) is 13.5. The second-order valence-electron chi connectivity index (χ2n) is 4.31. The van der Waals surface area contributed by atoms with Crippen molar-refractivity contribution >= 4 is 23.7 Å². The number of hydrogen-bond donors (Lipinski definition) is 0. The molecule has 0 aromatic heterocycles. The van der Waals surface area contributed by atoms with Crippen LogP contribution in [0.2, 0.25) is 0 Å². The van der Waals surface area contributed by atoms with Gasteiger partial charge >= 0.3 is 11.9 Å². The molecule has 0 radical (unpaired) electrons. The normalized spacial score (nSPS) is 11.5. The molecule has 0 bridgehead atoms. The van der Waals surface area contributed by atoms with Crippen molar-refractivity contribution in [1.29, 1.82) is 5.26 Å². The molecular formula is C16H19NO4S. The van der Waals surface area contributed by atoms with Crippen molar-refractivity contribution in [3.05, 3.63) is 30.3 Å². The molecule has 0 aliphatic rings. The van der Waals surface area contributed by atoms with Gasteiger partial charge in [-0.1, -0.05) is 18.2 Å². The van der Waals surface area contributed by atoms with Gasteiger partial charge in [-0.2, -0.15) is 5.26 Å². The van der Waals surface area contributed by atoms with Crippen LogP contribution in [-0.2, 0) is 19.1 Å². The zero-order chi connectivity index (χ0) is 16.4.